The zero-order valence-corrected chi connectivity index (χ0v) is 12.3. The normalized spacial score (nSPS) is 18.9. The van der Waals surface area contributed by atoms with Crippen molar-refractivity contribution in [2.45, 2.75) is 26.3 Å². The number of carbonyl (C=O) groups is 1. The van der Waals surface area contributed by atoms with Crippen molar-refractivity contribution in [3.63, 3.8) is 0 Å². The lowest BCUT2D eigenvalue weighted by molar-refractivity contribution is -0.120. The number of likely N-dealkylation sites (N-methyl/N-ethyl adjacent to an activating group) is 2. The van der Waals surface area contributed by atoms with Crippen LogP contribution in [0.1, 0.15) is 20.8 Å². The van der Waals surface area contributed by atoms with Crippen LogP contribution in [0.4, 0.5) is 0 Å². The molecule has 2 N–H and O–H groups in total. The van der Waals surface area contributed by atoms with Gasteiger partial charge in [-0.25, -0.2) is 0 Å². The predicted molar refractivity (Wildman–Crippen MR) is 74.7 cm³/mol. The molecule has 106 valence electrons. The molecule has 1 heterocycles. The van der Waals surface area contributed by atoms with E-state index >= 15 is 0 Å². The minimum absolute atomic E-state index is 0.0309. The zero-order valence-electron chi connectivity index (χ0n) is 12.3. The number of rotatable bonds is 6. The van der Waals surface area contributed by atoms with Gasteiger partial charge in [0, 0.05) is 38.3 Å². The molecule has 1 saturated heterocycles. The number of amides is 1. The van der Waals surface area contributed by atoms with Gasteiger partial charge in [-0.15, -0.1) is 0 Å². The molecular weight excluding hydrogens is 228 g/mol. The Labute approximate surface area is 111 Å². The molecule has 1 amide bonds. The molecule has 1 fully saturated rings. The summed E-state index contributed by atoms with van der Waals surface area (Å²) in [4.78, 5) is 16.4. The van der Waals surface area contributed by atoms with E-state index in [2.05, 4.69) is 41.3 Å². The summed E-state index contributed by atoms with van der Waals surface area (Å²) in [5.41, 5.74) is 0.0309. The summed E-state index contributed by atoms with van der Waals surface area (Å²) < 4.78 is 0. The van der Waals surface area contributed by atoms with Crippen molar-refractivity contribution >= 4 is 5.91 Å². The van der Waals surface area contributed by atoms with E-state index in [1.54, 1.807) is 0 Å². The zero-order chi connectivity index (χ0) is 13.6. The summed E-state index contributed by atoms with van der Waals surface area (Å²) in [6, 6.07) is 0. The van der Waals surface area contributed by atoms with Crippen LogP contribution in [-0.2, 0) is 4.79 Å². The molecular formula is C13H28N4O. The minimum Gasteiger partial charge on any atom is -0.353 e. The van der Waals surface area contributed by atoms with Gasteiger partial charge in [0.05, 0.1) is 6.54 Å². The average Bonchev–Trinajstić information content (AvgIpc) is 2.34. The Bertz CT molecular complexity index is 260. The van der Waals surface area contributed by atoms with Crippen molar-refractivity contribution in [1.82, 2.24) is 20.4 Å². The van der Waals surface area contributed by atoms with E-state index in [-0.39, 0.29) is 11.4 Å². The van der Waals surface area contributed by atoms with Crippen LogP contribution in [0, 0.1) is 0 Å². The SMILES string of the molecule is CCNCC(=O)NCC(C)(C)N1CCN(C)CC1. The molecule has 0 saturated carbocycles. The molecule has 0 unspecified atom stereocenters. The molecule has 1 aliphatic heterocycles. The highest BCUT2D eigenvalue weighted by Crippen LogP contribution is 2.15. The maximum atomic E-state index is 11.6. The molecule has 0 aromatic carbocycles. The molecule has 5 nitrogen and oxygen atoms in total. The first kappa shape index (κ1) is 15.4. The molecule has 0 aliphatic carbocycles. The molecule has 0 atom stereocenters. The number of hydrogen-bond acceptors (Lipinski definition) is 4. The quantitative estimate of drug-likeness (QED) is 0.687. The first-order chi connectivity index (χ1) is 8.45. The van der Waals surface area contributed by atoms with E-state index in [1.165, 1.54) is 0 Å². The third-order valence-corrected chi connectivity index (χ3v) is 3.61. The van der Waals surface area contributed by atoms with Crippen LogP contribution in [0.25, 0.3) is 0 Å². The van der Waals surface area contributed by atoms with Crippen LogP contribution < -0.4 is 10.6 Å². The highest BCUT2D eigenvalue weighted by molar-refractivity contribution is 5.78. The van der Waals surface area contributed by atoms with Gasteiger partial charge in [0.15, 0.2) is 0 Å². The van der Waals surface area contributed by atoms with Crippen molar-refractivity contribution < 1.29 is 4.79 Å². The van der Waals surface area contributed by atoms with E-state index < -0.39 is 0 Å². The van der Waals surface area contributed by atoms with Crippen LogP contribution in [0.15, 0.2) is 0 Å². The fourth-order valence-corrected chi connectivity index (χ4v) is 2.14. The van der Waals surface area contributed by atoms with Gasteiger partial charge in [0.25, 0.3) is 0 Å². The van der Waals surface area contributed by atoms with E-state index in [0.29, 0.717) is 13.1 Å². The first-order valence-electron chi connectivity index (χ1n) is 6.86. The standard InChI is InChI=1S/C13H28N4O/c1-5-14-10-12(18)15-11-13(2,3)17-8-6-16(4)7-9-17/h14H,5-11H2,1-4H3,(H,15,18). The van der Waals surface area contributed by atoms with E-state index in [9.17, 15) is 4.79 Å². The van der Waals surface area contributed by atoms with Crippen LogP contribution in [0.2, 0.25) is 0 Å². The van der Waals surface area contributed by atoms with Gasteiger partial charge >= 0.3 is 0 Å². The summed E-state index contributed by atoms with van der Waals surface area (Å²) >= 11 is 0. The number of nitrogens with one attached hydrogen (secondary N) is 2. The van der Waals surface area contributed by atoms with Crippen LogP contribution in [0.5, 0.6) is 0 Å². The molecule has 0 radical (unpaired) electrons. The van der Waals surface area contributed by atoms with Gasteiger partial charge < -0.3 is 15.5 Å². The lowest BCUT2D eigenvalue weighted by Gasteiger charge is -2.43. The molecule has 0 aromatic heterocycles. The lowest BCUT2D eigenvalue weighted by atomic mass is 10.0. The number of nitrogens with zero attached hydrogens (tertiary/aromatic N) is 2. The summed E-state index contributed by atoms with van der Waals surface area (Å²) in [7, 11) is 2.16. The number of hydrogen-bond donors (Lipinski definition) is 2. The molecule has 0 bridgehead atoms. The van der Waals surface area contributed by atoms with Gasteiger partial charge in [0.2, 0.25) is 5.91 Å². The van der Waals surface area contributed by atoms with Crippen molar-refractivity contribution in [2.75, 3.05) is 52.9 Å². The summed E-state index contributed by atoms with van der Waals surface area (Å²) in [5, 5.41) is 6.05. The number of carbonyl (C=O) groups excluding carboxylic acids is 1. The Kier molecular flexibility index (Phi) is 6.05. The van der Waals surface area contributed by atoms with E-state index in [4.69, 9.17) is 0 Å². The lowest BCUT2D eigenvalue weighted by Crippen LogP contribution is -2.58. The Morgan fingerprint density at radius 3 is 2.39 bits per heavy atom. The molecule has 0 aromatic rings. The second-order valence-corrected chi connectivity index (χ2v) is 5.66. The van der Waals surface area contributed by atoms with Crippen molar-refractivity contribution in [3.05, 3.63) is 0 Å². The molecule has 1 rings (SSSR count). The van der Waals surface area contributed by atoms with Crippen LogP contribution >= 0.6 is 0 Å². The van der Waals surface area contributed by atoms with Crippen molar-refractivity contribution in [2.24, 2.45) is 0 Å². The monoisotopic (exact) mass is 256 g/mol. The van der Waals surface area contributed by atoms with Crippen LogP contribution in [-0.4, -0.2) is 74.1 Å². The Hall–Kier alpha value is -0.650. The number of piperazine rings is 1. The Balaban J connectivity index is 2.32. The van der Waals surface area contributed by atoms with Crippen molar-refractivity contribution in [1.29, 1.82) is 0 Å². The smallest absolute Gasteiger partial charge is 0.234 e. The van der Waals surface area contributed by atoms with Gasteiger partial charge in [-0.2, -0.15) is 0 Å². The van der Waals surface area contributed by atoms with E-state index in [0.717, 1.165) is 32.7 Å². The molecule has 18 heavy (non-hydrogen) atoms. The highest BCUT2D eigenvalue weighted by atomic mass is 16.1. The maximum absolute atomic E-state index is 11.6. The molecule has 0 spiro atoms. The minimum atomic E-state index is 0.0309. The van der Waals surface area contributed by atoms with Gasteiger partial charge in [0.1, 0.15) is 0 Å². The molecule has 5 heteroatoms. The largest absolute Gasteiger partial charge is 0.353 e. The second kappa shape index (κ2) is 7.07. The average molecular weight is 256 g/mol. The second-order valence-electron chi connectivity index (χ2n) is 5.66. The maximum Gasteiger partial charge on any atom is 0.234 e. The van der Waals surface area contributed by atoms with Crippen LogP contribution in [0.3, 0.4) is 0 Å². The summed E-state index contributed by atoms with van der Waals surface area (Å²) in [6.07, 6.45) is 0. The Morgan fingerprint density at radius 2 is 1.83 bits per heavy atom. The highest BCUT2D eigenvalue weighted by Gasteiger charge is 2.29. The summed E-state index contributed by atoms with van der Waals surface area (Å²) in [6.45, 7) is 12.7. The fraction of sp³-hybridized carbons (Fsp3) is 0.923. The predicted octanol–water partition coefficient (Wildman–Crippen LogP) is -0.262. The van der Waals surface area contributed by atoms with Gasteiger partial charge in [-0.1, -0.05) is 6.92 Å². The Morgan fingerprint density at radius 1 is 1.22 bits per heavy atom. The fourth-order valence-electron chi connectivity index (χ4n) is 2.14. The van der Waals surface area contributed by atoms with Gasteiger partial charge in [-0.3, -0.25) is 9.69 Å². The third kappa shape index (κ3) is 4.92. The summed E-state index contributed by atoms with van der Waals surface area (Å²) in [5.74, 6) is 0.0825. The third-order valence-electron chi connectivity index (χ3n) is 3.61. The first-order valence-corrected chi connectivity index (χ1v) is 6.86. The van der Waals surface area contributed by atoms with Gasteiger partial charge in [-0.05, 0) is 27.4 Å². The van der Waals surface area contributed by atoms with E-state index in [1.807, 2.05) is 6.92 Å². The topological polar surface area (TPSA) is 47.6 Å². The van der Waals surface area contributed by atoms with Crippen molar-refractivity contribution in [3.8, 4) is 0 Å². The molecule has 1 aliphatic rings.